The van der Waals surface area contributed by atoms with Crippen LogP contribution < -0.4 is 0 Å². The number of rotatable bonds is 2. The summed E-state index contributed by atoms with van der Waals surface area (Å²) in [4.78, 5) is 0. The summed E-state index contributed by atoms with van der Waals surface area (Å²) in [6.07, 6.45) is 4.41. The molecule has 1 aliphatic heterocycles. The molecule has 2 atom stereocenters. The van der Waals surface area contributed by atoms with Crippen LogP contribution in [0.15, 0.2) is 24.3 Å². The Kier molecular flexibility index (Phi) is 2.49. The van der Waals surface area contributed by atoms with Gasteiger partial charge in [0.05, 0.1) is 5.60 Å². The summed E-state index contributed by atoms with van der Waals surface area (Å²) in [6, 6.07) is 8.67. The monoisotopic (exact) mass is 218 g/mol. The molecule has 1 aliphatic carbocycles. The quantitative estimate of drug-likeness (QED) is 0.759. The van der Waals surface area contributed by atoms with Crippen LogP contribution in [-0.4, -0.2) is 12.9 Å². The van der Waals surface area contributed by atoms with Crippen molar-refractivity contribution in [1.29, 1.82) is 0 Å². The van der Waals surface area contributed by atoms with Gasteiger partial charge in [-0.1, -0.05) is 24.3 Å². The van der Waals surface area contributed by atoms with Gasteiger partial charge in [-0.25, -0.2) is 0 Å². The lowest BCUT2D eigenvalue weighted by molar-refractivity contribution is -0.169. The van der Waals surface area contributed by atoms with Crippen LogP contribution in [0.25, 0.3) is 0 Å². The van der Waals surface area contributed by atoms with Gasteiger partial charge in [-0.05, 0) is 37.3 Å². The second kappa shape index (κ2) is 3.86. The summed E-state index contributed by atoms with van der Waals surface area (Å²) in [5.41, 5.74) is 2.83. The molecule has 16 heavy (non-hydrogen) atoms. The van der Waals surface area contributed by atoms with Crippen LogP contribution in [0.4, 0.5) is 0 Å². The van der Waals surface area contributed by atoms with Crippen molar-refractivity contribution in [2.75, 3.05) is 6.61 Å². The summed E-state index contributed by atoms with van der Waals surface area (Å²) in [5.74, 6) is 0. The normalized spacial score (nSPS) is 32.2. The van der Waals surface area contributed by atoms with Gasteiger partial charge < -0.3 is 9.47 Å². The van der Waals surface area contributed by atoms with E-state index in [1.165, 1.54) is 11.1 Å². The Bertz CT molecular complexity index is 388. The van der Waals surface area contributed by atoms with E-state index in [2.05, 4.69) is 24.3 Å². The van der Waals surface area contributed by atoms with E-state index in [9.17, 15) is 0 Å². The average molecular weight is 218 g/mol. The van der Waals surface area contributed by atoms with Crippen molar-refractivity contribution in [3.63, 3.8) is 0 Å². The molecule has 0 aromatic heterocycles. The van der Waals surface area contributed by atoms with Crippen molar-refractivity contribution in [3.05, 3.63) is 35.4 Å². The van der Waals surface area contributed by atoms with Gasteiger partial charge in [0.1, 0.15) is 0 Å². The second-order valence-corrected chi connectivity index (χ2v) is 4.69. The van der Waals surface area contributed by atoms with Crippen molar-refractivity contribution in [2.45, 2.75) is 44.5 Å². The molecule has 1 aromatic rings. The zero-order valence-electron chi connectivity index (χ0n) is 9.74. The predicted molar refractivity (Wildman–Crippen MR) is 62.2 cm³/mol. The maximum atomic E-state index is 6.15. The average Bonchev–Trinajstić information content (AvgIpc) is 2.87. The Morgan fingerprint density at radius 1 is 1.38 bits per heavy atom. The first-order valence-corrected chi connectivity index (χ1v) is 6.22. The van der Waals surface area contributed by atoms with E-state index >= 15 is 0 Å². The number of hydrogen-bond donors (Lipinski definition) is 0. The Labute approximate surface area is 96.6 Å². The highest BCUT2D eigenvalue weighted by molar-refractivity contribution is 5.37. The van der Waals surface area contributed by atoms with Gasteiger partial charge in [-0.2, -0.15) is 0 Å². The highest BCUT2D eigenvalue weighted by atomic mass is 16.7. The first-order valence-electron chi connectivity index (χ1n) is 6.22. The number of hydrogen-bond acceptors (Lipinski definition) is 2. The minimum absolute atomic E-state index is 0.0103. The lowest BCUT2D eigenvalue weighted by Gasteiger charge is -2.25. The third kappa shape index (κ3) is 1.48. The van der Waals surface area contributed by atoms with Crippen molar-refractivity contribution in [1.82, 2.24) is 0 Å². The zero-order valence-corrected chi connectivity index (χ0v) is 9.74. The van der Waals surface area contributed by atoms with Crippen molar-refractivity contribution < 1.29 is 9.47 Å². The fraction of sp³-hybridized carbons (Fsp3) is 0.571. The fourth-order valence-corrected chi connectivity index (χ4v) is 3.06. The molecule has 0 amide bonds. The van der Waals surface area contributed by atoms with E-state index < -0.39 is 0 Å². The maximum Gasteiger partial charge on any atom is 0.158 e. The van der Waals surface area contributed by atoms with Crippen LogP contribution in [0.3, 0.4) is 0 Å². The predicted octanol–water partition coefficient (Wildman–Crippen LogP) is 3.00. The molecule has 0 saturated carbocycles. The van der Waals surface area contributed by atoms with Crippen molar-refractivity contribution >= 4 is 0 Å². The highest BCUT2D eigenvalue weighted by Crippen LogP contribution is 2.48. The molecule has 0 radical (unpaired) electrons. The molecule has 2 aliphatic rings. The summed E-state index contributed by atoms with van der Waals surface area (Å²) in [5, 5.41) is 0. The molecule has 0 bridgehead atoms. The molecule has 3 rings (SSSR count). The molecule has 1 saturated heterocycles. The van der Waals surface area contributed by atoms with E-state index in [-0.39, 0.29) is 11.9 Å². The van der Waals surface area contributed by atoms with Crippen LogP contribution in [-0.2, 0) is 21.5 Å². The number of ether oxygens (including phenoxy) is 2. The smallest absolute Gasteiger partial charge is 0.158 e. The summed E-state index contributed by atoms with van der Waals surface area (Å²) >= 11 is 0. The SMILES string of the molecule is CCO[C@H]1CC[C@]2(CCc3ccccc32)O1. The second-order valence-electron chi connectivity index (χ2n) is 4.69. The van der Waals surface area contributed by atoms with E-state index in [1.54, 1.807) is 0 Å². The molecule has 1 heterocycles. The number of fused-ring (bicyclic) bond motifs is 2. The van der Waals surface area contributed by atoms with Gasteiger partial charge in [-0.3, -0.25) is 0 Å². The molecule has 1 aromatic carbocycles. The third-order valence-corrected chi connectivity index (χ3v) is 3.80. The Morgan fingerprint density at radius 3 is 3.12 bits per heavy atom. The van der Waals surface area contributed by atoms with Gasteiger partial charge in [0, 0.05) is 13.0 Å². The molecule has 1 spiro atoms. The minimum Gasteiger partial charge on any atom is -0.353 e. The van der Waals surface area contributed by atoms with E-state index in [4.69, 9.17) is 9.47 Å². The molecule has 0 N–H and O–H groups in total. The standard InChI is InChI=1S/C14H18O2/c1-2-15-13-8-10-14(16-13)9-7-11-5-3-4-6-12(11)14/h3-6,13H,2,7-10H2,1H3/t13-,14+/m1/s1. The Morgan fingerprint density at radius 2 is 2.25 bits per heavy atom. The lowest BCUT2D eigenvalue weighted by Crippen LogP contribution is -2.24. The van der Waals surface area contributed by atoms with Crippen LogP contribution in [0.1, 0.15) is 37.3 Å². The highest BCUT2D eigenvalue weighted by Gasteiger charge is 2.45. The molecule has 2 nitrogen and oxygen atoms in total. The van der Waals surface area contributed by atoms with Gasteiger partial charge in [0.2, 0.25) is 0 Å². The molecule has 2 heteroatoms. The molecule has 1 fully saturated rings. The van der Waals surface area contributed by atoms with Gasteiger partial charge >= 0.3 is 0 Å². The van der Waals surface area contributed by atoms with E-state index in [0.717, 1.165) is 32.3 Å². The van der Waals surface area contributed by atoms with Crippen LogP contribution in [0, 0.1) is 0 Å². The Balaban J connectivity index is 1.87. The number of benzene rings is 1. The van der Waals surface area contributed by atoms with Gasteiger partial charge in [0.25, 0.3) is 0 Å². The number of aryl methyl sites for hydroxylation is 1. The maximum absolute atomic E-state index is 6.15. The van der Waals surface area contributed by atoms with Crippen LogP contribution >= 0.6 is 0 Å². The van der Waals surface area contributed by atoms with Crippen molar-refractivity contribution in [2.24, 2.45) is 0 Å². The van der Waals surface area contributed by atoms with E-state index in [0.29, 0.717) is 0 Å². The minimum atomic E-state index is -0.0313. The first kappa shape index (κ1) is 10.3. The lowest BCUT2D eigenvalue weighted by atomic mass is 9.93. The van der Waals surface area contributed by atoms with Crippen LogP contribution in [0.5, 0.6) is 0 Å². The molecule has 0 unspecified atom stereocenters. The van der Waals surface area contributed by atoms with Crippen LogP contribution in [0.2, 0.25) is 0 Å². The van der Waals surface area contributed by atoms with E-state index in [1.807, 2.05) is 6.92 Å². The summed E-state index contributed by atoms with van der Waals surface area (Å²) in [7, 11) is 0. The largest absolute Gasteiger partial charge is 0.353 e. The topological polar surface area (TPSA) is 18.5 Å². The van der Waals surface area contributed by atoms with Crippen molar-refractivity contribution in [3.8, 4) is 0 Å². The van der Waals surface area contributed by atoms with Gasteiger partial charge in [0.15, 0.2) is 6.29 Å². The summed E-state index contributed by atoms with van der Waals surface area (Å²) < 4.78 is 11.7. The zero-order chi connectivity index (χ0) is 11.0. The molecular formula is C14H18O2. The Hall–Kier alpha value is -0.860. The van der Waals surface area contributed by atoms with Gasteiger partial charge in [-0.15, -0.1) is 0 Å². The first-order chi connectivity index (χ1) is 7.84. The third-order valence-electron chi connectivity index (χ3n) is 3.80. The molecular weight excluding hydrogens is 200 g/mol. The summed E-state index contributed by atoms with van der Waals surface area (Å²) in [6.45, 7) is 2.76. The fourth-order valence-electron chi connectivity index (χ4n) is 3.06. The molecule has 86 valence electrons.